The molecule has 6 nitrogen and oxygen atoms in total. The summed E-state index contributed by atoms with van der Waals surface area (Å²) in [5, 5.41) is 14.1. The Balaban J connectivity index is 1.60. The molecule has 126 valence electrons. The van der Waals surface area contributed by atoms with E-state index in [1.165, 1.54) is 0 Å². The van der Waals surface area contributed by atoms with E-state index >= 15 is 0 Å². The van der Waals surface area contributed by atoms with Crippen LogP contribution in [0.1, 0.15) is 34.5 Å². The third-order valence-corrected chi connectivity index (χ3v) is 4.28. The molecule has 1 unspecified atom stereocenters. The summed E-state index contributed by atoms with van der Waals surface area (Å²) in [6.07, 6.45) is 2.41. The van der Waals surface area contributed by atoms with Crippen molar-refractivity contribution in [1.29, 1.82) is 0 Å². The van der Waals surface area contributed by atoms with Crippen molar-refractivity contribution in [2.45, 2.75) is 32.8 Å². The average molecular weight is 326 g/mol. The van der Waals surface area contributed by atoms with Crippen molar-refractivity contribution in [3.05, 3.63) is 47.2 Å². The molecule has 1 atom stereocenters. The number of ether oxygens (including phenoxy) is 1. The molecule has 24 heavy (non-hydrogen) atoms. The third-order valence-electron chi connectivity index (χ3n) is 4.28. The van der Waals surface area contributed by atoms with Gasteiger partial charge in [-0.3, -0.25) is 4.79 Å². The average Bonchev–Trinajstić information content (AvgIpc) is 3.11. The van der Waals surface area contributed by atoms with Crippen LogP contribution in [0, 0.1) is 13.8 Å². The van der Waals surface area contributed by atoms with Crippen LogP contribution in [0.2, 0.25) is 0 Å². The van der Waals surface area contributed by atoms with Crippen LogP contribution < -0.4 is 10.6 Å². The monoisotopic (exact) mass is 326 g/mol. The minimum atomic E-state index is -0.262. The van der Waals surface area contributed by atoms with Crippen molar-refractivity contribution in [1.82, 2.24) is 10.2 Å². The molecule has 3 rings (SSSR count). The Labute approximate surface area is 141 Å². The number of aryl methyl sites for hydroxylation is 1. The fraction of sp³-hybridized carbons (Fsp3) is 0.389. The minimum absolute atomic E-state index is 0.235. The standard InChI is InChI=1S/C18H22N4O2/c1-12-5-3-7-15(13(12)2)20-18(23)16-8-9-17(22-21-16)19-11-14-6-4-10-24-14/h3,5,7-9,14H,4,6,10-11H2,1-2H3,(H,19,22)(H,20,23). The number of aromatic nitrogens is 2. The number of hydrogen-bond donors (Lipinski definition) is 2. The SMILES string of the molecule is Cc1cccc(NC(=O)c2ccc(NCC3CCCO3)nn2)c1C. The van der Waals surface area contributed by atoms with Gasteiger partial charge in [-0.15, -0.1) is 10.2 Å². The number of nitrogens with zero attached hydrogens (tertiary/aromatic N) is 2. The number of rotatable bonds is 5. The van der Waals surface area contributed by atoms with Crippen molar-refractivity contribution in [2.75, 3.05) is 23.8 Å². The normalized spacial score (nSPS) is 16.8. The molecule has 0 spiro atoms. The van der Waals surface area contributed by atoms with Gasteiger partial charge in [0.2, 0.25) is 0 Å². The van der Waals surface area contributed by atoms with Crippen molar-refractivity contribution in [3.63, 3.8) is 0 Å². The predicted molar refractivity (Wildman–Crippen MR) is 93.4 cm³/mol. The minimum Gasteiger partial charge on any atom is -0.376 e. The van der Waals surface area contributed by atoms with E-state index in [4.69, 9.17) is 4.74 Å². The topological polar surface area (TPSA) is 76.1 Å². The lowest BCUT2D eigenvalue weighted by atomic mass is 10.1. The van der Waals surface area contributed by atoms with E-state index in [2.05, 4.69) is 20.8 Å². The van der Waals surface area contributed by atoms with E-state index in [1.54, 1.807) is 12.1 Å². The Bertz CT molecular complexity index is 709. The molecule has 1 fully saturated rings. The van der Waals surface area contributed by atoms with Crippen molar-refractivity contribution in [2.24, 2.45) is 0 Å². The van der Waals surface area contributed by atoms with Crippen LogP contribution in [0.15, 0.2) is 30.3 Å². The lowest BCUT2D eigenvalue weighted by Crippen LogP contribution is -2.20. The van der Waals surface area contributed by atoms with E-state index in [-0.39, 0.29) is 12.0 Å². The maximum absolute atomic E-state index is 12.3. The first-order valence-electron chi connectivity index (χ1n) is 8.20. The summed E-state index contributed by atoms with van der Waals surface area (Å²) < 4.78 is 5.55. The number of hydrogen-bond acceptors (Lipinski definition) is 5. The number of carbonyl (C=O) groups is 1. The first kappa shape index (κ1) is 16.4. The van der Waals surface area contributed by atoms with Crippen molar-refractivity contribution < 1.29 is 9.53 Å². The zero-order chi connectivity index (χ0) is 16.9. The molecule has 2 heterocycles. The van der Waals surface area contributed by atoms with Gasteiger partial charge >= 0.3 is 0 Å². The maximum atomic E-state index is 12.3. The van der Waals surface area contributed by atoms with Crippen molar-refractivity contribution in [3.8, 4) is 0 Å². The van der Waals surface area contributed by atoms with Crippen molar-refractivity contribution >= 4 is 17.4 Å². The Morgan fingerprint density at radius 2 is 2.12 bits per heavy atom. The first-order chi connectivity index (χ1) is 11.6. The Morgan fingerprint density at radius 1 is 1.25 bits per heavy atom. The van der Waals surface area contributed by atoms with Gasteiger partial charge < -0.3 is 15.4 Å². The van der Waals surface area contributed by atoms with Gasteiger partial charge in [0.25, 0.3) is 5.91 Å². The van der Waals surface area contributed by atoms with Gasteiger partial charge in [0.15, 0.2) is 5.69 Å². The van der Waals surface area contributed by atoms with E-state index in [9.17, 15) is 4.79 Å². The van der Waals surface area contributed by atoms with Gasteiger partial charge in [0, 0.05) is 18.8 Å². The smallest absolute Gasteiger partial charge is 0.276 e. The van der Waals surface area contributed by atoms with E-state index in [1.807, 2.05) is 32.0 Å². The van der Waals surface area contributed by atoms with Gasteiger partial charge in [-0.1, -0.05) is 12.1 Å². The Kier molecular flexibility index (Phi) is 5.05. The van der Waals surface area contributed by atoms with Gasteiger partial charge in [-0.25, -0.2) is 0 Å². The van der Waals surface area contributed by atoms with Crippen LogP contribution in [0.25, 0.3) is 0 Å². The molecule has 1 aliphatic rings. The summed E-state index contributed by atoms with van der Waals surface area (Å²) >= 11 is 0. The summed E-state index contributed by atoms with van der Waals surface area (Å²) in [6, 6.07) is 9.25. The molecule has 1 aliphatic heterocycles. The van der Waals surface area contributed by atoms with E-state index < -0.39 is 0 Å². The molecular formula is C18H22N4O2. The van der Waals surface area contributed by atoms with Gasteiger partial charge in [-0.05, 0) is 56.0 Å². The molecule has 2 aromatic rings. The zero-order valence-corrected chi connectivity index (χ0v) is 14.0. The number of anilines is 2. The summed E-state index contributed by atoms with van der Waals surface area (Å²) in [4.78, 5) is 12.3. The quantitative estimate of drug-likeness (QED) is 0.883. The molecular weight excluding hydrogens is 304 g/mol. The number of carbonyl (C=O) groups excluding carboxylic acids is 1. The molecule has 1 amide bonds. The summed E-state index contributed by atoms with van der Waals surface area (Å²) in [5.41, 5.74) is 3.27. The number of nitrogens with one attached hydrogen (secondary N) is 2. The highest BCUT2D eigenvalue weighted by molar-refractivity contribution is 6.03. The summed E-state index contributed by atoms with van der Waals surface area (Å²) in [5.74, 6) is 0.385. The Morgan fingerprint density at radius 3 is 2.83 bits per heavy atom. The highest BCUT2D eigenvalue weighted by Gasteiger charge is 2.15. The van der Waals surface area contributed by atoms with Crippen LogP contribution in [-0.4, -0.2) is 35.4 Å². The highest BCUT2D eigenvalue weighted by Crippen LogP contribution is 2.18. The van der Waals surface area contributed by atoms with Crippen LogP contribution in [0.5, 0.6) is 0 Å². The van der Waals surface area contributed by atoms with Crippen LogP contribution in [-0.2, 0) is 4.74 Å². The second-order valence-corrected chi connectivity index (χ2v) is 6.02. The lowest BCUT2D eigenvalue weighted by molar-refractivity contribution is 0.102. The van der Waals surface area contributed by atoms with E-state index in [0.29, 0.717) is 18.1 Å². The molecule has 0 bridgehead atoms. The fourth-order valence-corrected chi connectivity index (χ4v) is 2.64. The lowest BCUT2D eigenvalue weighted by Gasteiger charge is -2.11. The predicted octanol–water partition coefficient (Wildman–Crippen LogP) is 2.94. The summed E-state index contributed by atoms with van der Waals surface area (Å²) in [7, 11) is 0. The summed E-state index contributed by atoms with van der Waals surface area (Å²) in [6.45, 7) is 5.53. The van der Waals surface area contributed by atoms with Crippen LogP contribution in [0.3, 0.4) is 0 Å². The molecule has 1 aromatic carbocycles. The number of benzene rings is 1. The third kappa shape index (κ3) is 3.89. The first-order valence-corrected chi connectivity index (χ1v) is 8.20. The second-order valence-electron chi connectivity index (χ2n) is 6.02. The maximum Gasteiger partial charge on any atom is 0.276 e. The molecule has 1 aromatic heterocycles. The zero-order valence-electron chi connectivity index (χ0n) is 14.0. The molecule has 0 saturated carbocycles. The van der Waals surface area contributed by atoms with Crippen LogP contribution in [0.4, 0.5) is 11.5 Å². The molecule has 2 N–H and O–H groups in total. The molecule has 6 heteroatoms. The van der Waals surface area contributed by atoms with E-state index in [0.717, 1.165) is 36.3 Å². The largest absolute Gasteiger partial charge is 0.376 e. The second kappa shape index (κ2) is 7.40. The van der Waals surface area contributed by atoms with Gasteiger partial charge in [0.1, 0.15) is 5.82 Å². The molecule has 0 radical (unpaired) electrons. The van der Waals surface area contributed by atoms with Gasteiger partial charge in [0.05, 0.1) is 6.10 Å². The number of amides is 1. The molecule has 1 saturated heterocycles. The Hall–Kier alpha value is -2.47. The van der Waals surface area contributed by atoms with Crippen LogP contribution >= 0.6 is 0 Å². The fourth-order valence-electron chi connectivity index (χ4n) is 2.64. The molecule has 0 aliphatic carbocycles. The van der Waals surface area contributed by atoms with Gasteiger partial charge in [-0.2, -0.15) is 0 Å². The highest BCUT2D eigenvalue weighted by atomic mass is 16.5.